The van der Waals surface area contributed by atoms with Gasteiger partial charge in [0.25, 0.3) is 0 Å². The SMILES string of the molecule is C#C[C@]1(O)[C@H]([18F])CC2C3CCc4cc(O)ccc4C3CC[C@@]21C. The molecular formula is C20H23FO2. The van der Waals surface area contributed by atoms with Crippen molar-refractivity contribution in [1.29, 1.82) is 0 Å². The minimum Gasteiger partial charge on any atom is -0.508 e. The van der Waals surface area contributed by atoms with Crippen LogP contribution in [-0.4, -0.2) is 22.0 Å². The number of hydrogen-bond acceptors (Lipinski definition) is 2. The second-order valence-electron chi connectivity index (χ2n) is 7.87. The summed E-state index contributed by atoms with van der Waals surface area (Å²) in [4.78, 5) is 0. The van der Waals surface area contributed by atoms with E-state index in [0.29, 0.717) is 24.0 Å². The molecule has 4 rings (SSSR count). The van der Waals surface area contributed by atoms with Gasteiger partial charge >= 0.3 is 0 Å². The van der Waals surface area contributed by atoms with Crippen LogP contribution >= 0.6 is 0 Å². The van der Waals surface area contributed by atoms with E-state index in [9.17, 15) is 14.6 Å². The Kier molecular flexibility index (Phi) is 3.09. The lowest BCUT2D eigenvalue weighted by Gasteiger charge is -2.51. The molecule has 122 valence electrons. The molecular weight excluding hydrogens is 290 g/mol. The molecule has 1 aromatic rings. The summed E-state index contributed by atoms with van der Waals surface area (Å²) >= 11 is 0. The highest BCUT2D eigenvalue weighted by Gasteiger charge is 2.65. The van der Waals surface area contributed by atoms with Crippen LogP contribution < -0.4 is 0 Å². The van der Waals surface area contributed by atoms with Gasteiger partial charge in [-0.15, -0.1) is 6.42 Å². The summed E-state index contributed by atoms with van der Waals surface area (Å²) in [6, 6.07) is 5.64. The Morgan fingerprint density at radius 2 is 2.13 bits per heavy atom. The molecule has 0 heterocycles. The van der Waals surface area contributed by atoms with Crippen molar-refractivity contribution < 1.29 is 14.6 Å². The summed E-state index contributed by atoms with van der Waals surface area (Å²) in [6.07, 6.45) is 8.14. The number of phenolic OH excluding ortho intramolecular Hbond substituents is 1. The Bertz CT molecular complexity index is 693. The molecule has 23 heavy (non-hydrogen) atoms. The molecule has 0 saturated heterocycles. The van der Waals surface area contributed by atoms with Crippen LogP contribution in [0.25, 0.3) is 0 Å². The van der Waals surface area contributed by atoms with Crippen LogP contribution in [-0.2, 0) is 6.42 Å². The van der Waals surface area contributed by atoms with Crippen LogP contribution in [0.4, 0.5) is 4.39 Å². The van der Waals surface area contributed by atoms with Gasteiger partial charge in [0.2, 0.25) is 0 Å². The van der Waals surface area contributed by atoms with Crippen molar-refractivity contribution in [3.05, 3.63) is 29.3 Å². The van der Waals surface area contributed by atoms with Gasteiger partial charge in [0.05, 0.1) is 0 Å². The van der Waals surface area contributed by atoms with Crippen molar-refractivity contribution >= 4 is 0 Å². The predicted molar refractivity (Wildman–Crippen MR) is 86.8 cm³/mol. The second kappa shape index (κ2) is 4.74. The molecule has 0 aliphatic heterocycles. The number of aliphatic hydroxyl groups is 1. The van der Waals surface area contributed by atoms with E-state index >= 15 is 0 Å². The maximum atomic E-state index is 14.6. The van der Waals surface area contributed by atoms with Crippen LogP contribution in [0.2, 0.25) is 0 Å². The summed E-state index contributed by atoms with van der Waals surface area (Å²) in [5.41, 5.74) is 0.360. The van der Waals surface area contributed by atoms with Crippen molar-refractivity contribution in [2.75, 3.05) is 0 Å². The van der Waals surface area contributed by atoms with Gasteiger partial charge in [-0.05, 0) is 73.1 Å². The number of hydrogen-bond donors (Lipinski definition) is 2. The number of terminal acetylenes is 1. The van der Waals surface area contributed by atoms with E-state index in [1.807, 2.05) is 19.1 Å². The number of alkyl halides is 1. The number of halogens is 1. The molecule has 2 N–H and O–H groups in total. The second-order valence-corrected chi connectivity index (χ2v) is 7.87. The predicted octanol–water partition coefficient (Wildman–Crippen LogP) is 3.56. The number of aryl methyl sites for hydroxylation is 1. The zero-order valence-electron chi connectivity index (χ0n) is 13.4. The molecule has 0 radical (unpaired) electrons. The first kappa shape index (κ1) is 15.0. The molecule has 0 amide bonds. The smallest absolute Gasteiger partial charge is 0.161 e. The van der Waals surface area contributed by atoms with E-state index in [0.717, 1.165) is 25.7 Å². The Balaban J connectivity index is 1.74. The highest BCUT2D eigenvalue weighted by Crippen LogP contribution is 2.64. The molecule has 0 aromatic heterocycles. The van der Waals surface area contributed by atoms with E-state index in [1.54, 1.807) is 6.07 Å². The van der Waals surface area contributed by atoms with Gasteiger partial charge in [-0.25, -0.2) is 4.39 Å². The van der Waals surface area contributed by atoms with Gasteiger partial charge in [-0.2, -0.15) is 0 Å². The fraction of sp³-hybridized carbons (Fsp3) is 0.600. The largest absolute Gasteiger partial charge is 0.508 e. The molecule has 3 aliphatic rings. The molecule has 3 aliphatic carbocycles. The van der Waals surface area contributed by atoms with Gasteiger partial charge in [0.1, 0.15) is 11.9 Å². The molecule has 2 fully saturated rings. The number of rotatable bonds is 0. The average Bonchev–Trinajstić information content (AvgIpc) is 2.75. The first-order valence-corrected chi connectivity index (χ1v) is 8.56. The monoisotopic (exact) mass is 313 g/mol. The van der Waals surface area contributed by atoms with Crippen molar-refractivity contribution in [2.24, 2.45) is 17.3 Å². The normalized spacial score (nSPS) is 44.8. The van der Waals surface area contributed by atoms with E-state index in [2.05, 4.69) is 5.92 Å². The van der Waals surface area contributed by atoms with Crippen molar-refractivity contribution in [2.45, 2.75) is 56.7 Å². The first-order chi connectivity index (χ1) is 10.9. The van der Waals surface area contributed by atoms with Crippen LogP contribution in [0.5, 0.6) is 5.75 Å². The summed E-state index contributed by atoms with van der Waals surface area (Å²) in [5.74, 6) is 3.60. The maximum absolute atomic E-state index is 14.6. The minimum atomic E-state index is -1.63. The van der Waals surface area contributed by atoms with Gasteiger partial charge in [0, 0.05) is 5.41 Å². The number of phenols is 1. The first-order valence-electron chi connectivity index (χ1n) is 8.56. The van der Waals surface area contributed by atoms with Crippen LogP contribution in [0.15, 0.2) is 18.2 Å². The van der Waals surface area contributed by atoms with Gasteiger partial charge in [-0.3, -0.25) is 0 Å². The van der Waals surface area contributed by atoms with E-state index in [1.165, 1.54) is 11.1 Å². The van der Waals surface area contributed by atoms with Gasteiger partial charge in [-0.1, -0.05) is 18.9 Å². The fourth-order valence-electron chi connectivity index (χ4n) is 5.80. The third-order valence-electron chi connectivity index (χ3n) is 7.10. The average molecular weight is 313 g/mol. The molecule has 0 spiro atoms. The Morgan fingerprint density at radius 3 is 2.87 bits per heavy atom. The standard InChI is InChI=1S/C20H23FO2/c1-3-20(23)18(21)11-17-16-6-4-12-10-13(22)5-7-14(12)15(16)8-9-19(17,20)2/h1,5,7,10,15-18,22-23H,4,6,8-9,11H2,2H3/t15?,16?,17?,18-,19+,20+/m1/s1/i21-1. The van der Waals surface area contributed by atoms with Crippen molar-refractivity contribution in [3.63, 3.8) is 0 Å². The van der Waals surface area contributed by atoms with Crippen LogP contribution in [0.3, 0.4) is 0 Å². The highest BCUT2D eigenvalue weighted by molar-refractivity contribution is 5.41. The lowest BCUT2D eigenvalue weighted by molar-refractivity contribution is -0.0846. The maximum Gasteiger partial charge on any atom is 0.161 e. The number of aromatic hydroxyl groups is 1. The molecule has 1 aromatic carbocycles. The van der Waals surface area contributed by atoms with Gasteiger partial charge in [0.15, 0.2) is 5.60 Å². The summed E-state index contributed by atoms with van der Waals surface area (Å²) < 4.78 is 14.6. The molecule has 2 saturated carbocycles. The van der Waals surface area contributed by atoms with Crippen LogP contribution in [0.1, 0.15) is 49.7 Å². The molecule has 3 heteroatoms. The molecule has 2 nitrogen and oxygen atoms in total. The lowest BCUT2D eigenvalue weighted by atomic mass is 9.53. The quantitative estimate of drug-likeness (QED) is 0.719. The zero-order valence-corrected chi connectivity index (χ0v) is 13.4. The Hall–Kier alpha value is -1.53. The molecule has 0 bridgehead atoms. The molecule has 6 atom stereocenters. The number of fused-ring (bicyclic) bond motifs is 5. The zero-order chi connectivity index (χ0) is 16.4. The van der Waals surface area contributed by atoms with E-state index in [-0.39, 0.29) is 5.92 Å². The third kappa shape index (κ3) is 1.79. The third-order valence-corrected chi connectivity index (χ3v) is 7.10. The Morgan fingerprint density at radius 1 is 1.35 bits per heavy atom. The Labute approximate surface area is 136 Å². The topological polar surface area (TPSA) is 40.5 Å². The summed E-state index contributed by atoms with van der Waals surface area (Å²) in [7, 11) is 0. The summed E-state index contributed by atoms with van der Waals surface area (Å²) in [6.45, 7) is 1.99. The van der Waals surface area contributed by atoms with Crippen molar-refractivity contribution in [3.8, 4) is 18.1 Å². The summed E-state index contributed by atoms with van der Waals surface area (Å²) in [5, 5.41) is 20.5. The number of benzene rings is 1. The van der Waals surface area contributed by atoms with Crippen molar-refractivity contribution in [1.82, 2.24) is 0 Å². The van der Waals surface area contributed by atoms with Crippen LogP contribution in [0, 0.1) is 29.6 Å². The fourth-order valence-corrected chi connectivity index (χ4v) is 5.80. The lowest BCUT2D eigenvalue weighted by Crippen LogP contribution is -2.52. The van der Waals surface area contributed by atoms with E-state index in [4.69, 9.17) is 6.42 Å². The minimum absolute atomic E-state index is 0.124. The highest BCUT2D eigenvalue weighted by atomic mass is 18.2. The van der Waals surface area contributed by atoms with E-state index < -0.39 is 17.2 Å². The van der Waals surface area contributed by atoms with Gasteiger partial charge < -0.3 is 10.2 Å². The molecule has 3 unspecified atom stereocenters.